The highest BCUT2D eigenvalue weighted by Crippen LogP contribution is 2.50. The zero-order valence-electron chi connectivity index (χ0n) is 16.3. The average Bonchev–Trinajstić information content (AvgIpc) is 3.04. The van der Waals surface area contributed by atoms with Crippen LogP contribution in [0.3, 0.4) is 0 Å². The minimum atomic E-state index is 0.0654. The van der Waals surface area contributed by atoms with E-state index in [1.807, 2.05) is 30.6 Å². The van der Waals surface area contributed by atoms with Crippen molar-refractivity contribution in [1.82, 2.24) is 15.0 Å². The Morgan fingerprint density at radius 2 is 1.87 bits per heavy atom. The number of nitrogens with two attached hydrogens (primary N) is 1. The first-order valence-corrected chi connectivity index (χ1v) is 11.5. The number of anilines is 1. The highest BCUT2D eigenvalue weighted by atomic mass is 35.5. The molecule has 0 amide bonds. The van der Waals surface area contributed by atoms with Gasteiger partial charge in [-0.2, -0.15) is 0 Å². The van der Waals surface area contributed by atoms with E-state index in [-0.39, 0.29) is 11.5 Å². The summed E-state index contributed by atoms with van der Waals surface area (Å²) >= 11 is 13.8. The van der Waals surface area contributed by atoms with E-state index in [4.69, 9.17) is 28.9 Å². The number of hydrogen-bond acceptors (Lipinski definition) is 6. The maximum atomic E-state index is 6.65. The Balaban J connectivity index is 1.26. The Kier molecular flexibility index (Phi) is 5.35. The Bertz CT molecular complexity index is 1070. The van der Waals surface area contributed by atoms with Crippen LogP contribution in [0.15, 0.2) is 58.8 Å². The van der Waals surface area contributed by atoms with Crippen LogP contribution in [0, 0.1) is 5.41 Å². The standard InChI is InChI=1S/C22H21Cl2N5S/c23-15-4-1-5-17(20(15)24)30-19-13-27-18(12-28-19)29-9-6-22(7-10-29)11-16-14(21(22)25)3-2-8-26-16/h1-5,8,12-13,21H,6-7,9-11,25H2/t21-/m1/s1. The second kappa shape index (κ2) is 8.00. The van der Waals surface area contributed by atoms with E-state index < -0.39 is 0 Å². The normalized spacial score (nSPS) is 19.8. The SMILES string of the molecule is N[C@@H]1c2cccnc2CC12CCN(c1cnc(Sc3cccc(Cl)c3Cl)cn1)CC2. The maximum Gasteiger partial charge on any atom is 0.147 e. The summed E-state index contributed by atoms with van der Waals surface area (Å²) in [4.78, 5) is 16.9. The molecule has 1 spiro atoms. The molecule has 0 saturated carbocycles. The highest BCUT2D eigenvalue weighted by molar-refractivity contribution is 7.99. The quantitative estimate of drug-likeness (QED) is 0.584. The summed E-state index contributed by atoms with van der Waals surface area (Å²) < 4.78 is 0. The number of piperidine rings is 1. The van der Waals surface area contributed by atoms with E-state index in [0.717, 1.165) is 48.1 Å². The summed E-state index contributed by atoms with van der Waals surface area (Å²) in [5.41, 5.74) is 9.14. The third kappa shape index (κ3) is 3.56. The van der Waals surface area contributed by atoms with Crippen molar-refractivity contribution in [3.8, 4) is 0 Å². The largest absolute Gasteiger partial charge is 0.355 e. The monoisotopic (exact) mass is 457 g/mol. The van der Waals surface area contributed by atoms with Gasteiger partial charge in [0.05, 0.1) is 22.4 Å². The van der Waals surface area contributed by atoms with E-state index in [2.05, 4.69) is 25.9 Å². The van der Waals surface area contributed by atoms with Gasteiger partial charge in [0.15, 0.2) is 0 Å². The molecule has 1 aliphatic carbocycles. The molecule has 3 aromatic rings. The first-order chi connectivity index (χ1) is 14.6. The summed E-state index contributed by atoms with van der Waals surface area (Å²) in [6, 6.07) is 9.76. The topological polar surface area (TPSA) is 67.9 Å². The predicted octanol–water partition coefficient (Wildman–Crippen LogP) is 5.17. The fraction of sp³-hybridized carbons (Fsp3) is 0.318. The molecule has 0 bridgehead atoms. The van der Waals surface area contributed by atoms with Crippen molar-refractivity contribution in [2.24, 2.45) is 11.1 Å². The van der Waals surface area contributed by atoms with Crippen LogP contribution >= 0.6 is 35.0 Å². The number of fused-ring (bicyclic) bond motifs is 1. The van der Waals surface area contributed by atoms with Crippen molar-refractivity contribution in [1.29, 1.82) is 0 Å². The predicted molar refractivity (Wildman–Crippen MR) is 121 cm³/mol. The van der Waals surface area contributed by atoms with Gasteiger partial charge in [-0.05, 0) is 48.4 Å². The fourth-order valence-corrected chi connectivity index (χ4v) is 5.78. The lowest BCUT2D eigenvalue weighted by Gasteiger charge is -2.42. The molecule has 5 nitrogen and oxygen atoms in total. The third-order valence-electron chi connectivity index (χ3n) is 6.27. The van der Waals surface area contributed by atoms with Gasteiger partial charge in [0.1, 0.15) is 10.8 Å². The van der Waals surface area contributed by atoms with Crippen LogP contribution in [0.1, 0.15) is 30.1 Å². The average molecular weight is 458 g/mol. The lowest BCUT2D eigenvalue weighted by molar-refractivity contribution is 0.186. The molecule has 1 aromatic carbocycles. The van der Waals surface area contributed by atoms with Gasteiger partial charge in [-0.3, -0.25) is 4.98 Å². The van der Waals surface area contributed by atoms with Gasteiger partial charge in [0.2, 0.25) is 0 Å². The lowest BCUT2D eigenvalue weighted by atomic mass is 9.73. The lowest BCUT2D eigenvalue weighted by Crippen LogP contribution is -2.44. The minimum absolute atomic E-state index is 0.0654. The zero-order valence-corrected chi connectivity index (χ0v) is 18.6. The van der Waals surface area contributed by atoms with Crippen molar-refractivity contribution in [3.63, 3.8) is 0 Å². The van der Waals surface area contributed by atoms with Crippen molar-refractivity contribution in [2.75, 3.05) is 18.0 Å². The second-order valence-electron chi connectivity index (χ2n) is 7.91. The van der Waals surface area contributed by atoms with Crippen molar-refractivity contribution >= 4 is 40.8 Å². The van der Waals surface area contributed by atoms with Gasteiger partial charge in [-0.1, -0.05) is 47.1 Å². The minimum Gasteiger partial charge on any atom is -0.355 e. The van der Waals surface area contributed by atoms with Crippen molar-refractivity contribution in [3.05, 3.63) is 70.2 Å². The molecule has 3 heterocycles. The molecule has 2 aromatic heterocycles. The second-order valence-corrected chi connectivity index (χ2v) is 9.76. The van der Waals surface area contributed by atoms with Gasteiger partial charge in [-0.15, -0.1) is 0 Å². The maximum absolute atomic E-state index is 6.65. The van der Waals surface area contributed by atoms with E-state index in [9.17, 15) is 0 Å². The van der Waals surface area contributed by atoms with Gasteiger partial charge < -0.3 is 10.6 Å². The summed E-state index contributed by atoms with van der Waals surface area (Å²) in [7, 11) is 0. The zero-order chi connectivity index (χ0) is 20.7. The Labute approximate surface area is 190 Å². The Hall–Kier alpha value is -1.86. The van der Waals surface area contributed by atoms with Crippen LogP contribution in [0.4, 0.5) is 5.82 Å². The summed E-state index contributed by atoms with van der Waals surface area (Å²) in [6.45, 7) is 1.84. The molecular formula is C22H21Cl2N5S. The molecule has 8 heteroatoms. The van der Waals surface area contributed by atoms with Crippen molar-refractivity contribution in [2.45, 2.75) is 35.2 Å². The van der Waals surface area contributed by atoms with Crippen molar-refractivity contribution < 1.29 is 0 Å². The Morgan fingerprint density at radius 3 is 2.60 bits per heavy atom. The molecule has 1 saturated heterocycles. The number of nitrogens with zero attached hydrogens (tertiary/aromatic N) is 4. The summed E-state index contributed by atoms with van der Waals surface area (Å²) in [5, 5.41) is 1.87. The molecule has 0 radical (unpaired) electrons. The molecule has 1 atom stereocenters. The highest BCUT2D eigenvalue weighted by Gasteiger charge is 2.46. The molecule has 1 fully saturated rings. The van der Waals surface area contributed by atoms with Crippen LogP contribution in [0.5, 0.6) is 0 Å². The molecular weight excluding hydrogens is 437 g/mol. The summed E-state index contributed by atoms with van der Waals surface area (Å²) in [6.07, 6.45) is 8.53. The van der Waals surface area contributed by atoms with Gasteiger partial charge in [-0.25, -0.2) is 9.97 Å². The molecule has 5 rings (SSSR count). The smallest absolute Gasteiger partial charge is 0.147 e. The van der Waals surface area contributed by atoms with Crippen LogP contribution < -0.4 is 10.6 Å². The number of hydrogen-bond donors (Lipinski definition) is 1. The molecule has 1 aliphatic heterocycles. The van der Waals surface area contributed by atoms with E-state index in [0.29, 0.717) is 10.0 Å². The van der Waals surface area contributed by atoms with Gasteiger partial charge in [0.25, 0.3) is 0 Å². The first-order valence-electron chi connectivity index (χ1n) is 9.94. The van der Waals surface area contributed by atoms with E-state index >= 15 is 0 Å². The molecule has 154 valence electrons. The van der Waals surface area contributed by atoms with Crippen LogP contribution in [0.2, 0.25) is 10.0 Å². The van der Waals surface area contributed by atoms with E-state index in [1.54, 1.807) is 12.3 Å². The van der Waals surface area contributed by atoms with E-state index in [1.165, 1.54) is 23.0 Å². The first kappa shape index (κ1) is 20.1. The number of pyridine rings is 1. The Morgan fingerprint density at radius 1 is 1.03 bits per heavy atom. The summed E-state index contributed by atoms with van der Waals surface area (Å²) in [5.74, 6) is 0.897. The van der Waals surface area contributed by atoms with Gasteiger partial charge >= 0.3 is 0 Å². The third-order valence-corrected chi connectivity index (χ3v) is 8.18. The fourth-order valence-electron chi connectivity index (χ4n) is 4.52. The van der Waals surface area contributed by atoms with Crippen LogP contribution in [-0.4, -0.2) is 28.0 Å². The molecule has 30 heavy (non-hydrogen) atoms. The molecule has 2 N–H and O–H groups in total. The number of halogens is 2. The number of benzene rings is 1. The number of aromatic nitrogens is 3. The molecule has 0 unspecified atom stereocenters. The van der Waals surface area contributed by atoms with Crippen LogP contribution in [0.25, 0.3) is 0 Å². The number of rotatable bonds is 3. The molecule has 2 aliphatic rings. The van der Waals surface area contributed by atoms with Crippen LogP contribution in [-0.2, 0) is 6.42 Å². The van der Waals surface area contributed by atoms with Gasteiger partial charge in [0, 0.05) is 35.9 Å².